The smallest absolute Gasteiger partial charge is 0.422 e. The van der Waals surface area contributed by atoms with Crippen molar-refractivity contribution in [2.45, 2.75) is 38.9 Å². The number of nitrogens with one attached hydrogen (secondary N) is 2. The Labute approximate surface area is 157 Å². The number of rotatable bonds is 8. The minimum absolute atomic E-state index is 0. The summed E-state index contributed by atoms with van der Waals surface area (Å²) in [6, 6.07) is 3.31. The van der Waals surface area contributed by atoms with E-state index in [2.05, 4.69) is 27.5 Å². The van der Waals surface area contributed by atoms with E-state index < -0.39 is 12.8 Å². The lowest BCUT2D eigenvalue weighted by molar-refractivity contribution is -0.154. The number of guanidine groups is 1. The quantitative estimate of drug-likeness (QED) is 0.270. The number of nitrogens with zero attached hydrogens (tertiary/aromatic N) is 2. The maximum Gasteiger partial charge on any atom is 0.422 e. The summed E-state index contributed by atoms with van der Waals surface area (Å²) in [7, 11) is 1.64. The van der Waals surface area contributed by atoms with Crippen molar-refractivity contribution in [3.8, 4) is 5.88 Å². The molecule has 0 unspecified atom stereocenters. The summed E-state index contributed by atoms with van der Waals surface area (Å²) in [4.78, 5) is 7.92. The highest BCUT2D eigenvalue weighted by Crippen LogP contribution is 2.19. The fraction of sp³-hybridized carbons (Fsp3) is 0.600. The van der Waals surface area contributed by atoms with Crippen molar-refractivity contribution in [2.75, 3.05) is 20.2 Å². The first-order valence-electron chi connectivity index (χ1n) is 7.54. The van der Waals surface area contributed by atoms with E-state index >= 15 is 0 Å². The predicted octanol–water partition coefficient (Wildman–Crippen LogP) is 3.50. The standard InChI is InChI=1S/C15H23F3N4O.HI/c1-3-4-5-8-21-14(19-2)22-10-12-7-6-9-20-13(12)23-11-15(16,17)18;/h6-7,9H,3-5,8,10-11H2,1-2H3,(H2,19,21,22);1H. The van der Waals surface area contributed by atoms with Gasteiger partial charge in [-0.2, -0.15) is 13.2 Å². The molecule has 0 bridgehead atoms. The van der Waals surface area contributed by atoms with Crippen LogP contribution < -0.4 is 15.4 Å². The molecule has 24 heavy (non-hydrogen) atoms. The van der Waals surface area contributed by atoms with Crippen molar-refractivity contribution in [1.82, 2.24) is 15.6 Å². The van der Waals surface area contributed by atoms with Crippen LogP contribution in [-0.2, 0) is 6.54 Å². The number of hydrogen-bond acceptors (Lipinski definition) is 3. The van der Waals surface area contributed by atoms with Crippen molar-refractivity contribution < 1.29 is 17.9 Å². The number of halogens is 4. The molecule has 0 amide bonds. The number of pyridine rings is 1. The SMILES string of the molecule is CCCCCNC(=NC)NCc1cccnc1OCC(F)(F)F.I. The highest BCUT2D eigenvalue weighted by Gasteiger charge is 2.29. The fourth-order valence-corrected chi connectivity index (χ4v) is 1.82. The van der Waals surface area contributed by atoms with Gasteiger partial charge in [-0.1, -0.05) is 25.8 Å². The molecule has 0 aromatic carbocycles. The first-order valence-corrected chi connectivity index (χ1v) is 7.54. The van der Waals surface area contributed by atoms with E-state index in [1.165, 1.54) is 6.20 Å². The second-order valence-electron chi connectivity index (χ2n) is 4.93. The molecule has 138 valence electrons. The average molecular weight is 460 g/mol. The van der Waals surface area contributed by atoms with Crippen LogP contribution >= 0.6 is 24.0 Å². The van der Waals surface area contributed by atoms with Gasteiger partial charge in [0, 0.05) is 31.9 Å². The van der Waals surface area contributed by atoms with Gasteiger partial charge in [-0.05, 0) is 12.5 Å². The molecule has 2 N–H and O–H groups in total. The Hall–Kier alpha value is -1.26. The van der Waals surface area contributed by atoms with E-state index in [9.17, 15) is 13.2 Å². The molecule has 9 heteroatoms. The van der Waals surface area contributed by atoms with Gasteiger partial charge < -0.3 is 15.4 Å². The van der Waals surface area contributed by atoms with Crippen molar-refractivity contribution in [1.29, 1.82) is 0 Å². The normalized spacial score (nSPS) is 11.6. The topological polar surface area (TPSA) is 58.5 Å². The van der Waals surface area contributed by atoms with Crippen molar-refractivity contribution in [2.24, 2.45) is 4.99 Å². The third-order valence-corrected chi connectivity index (χ3v) is 2.97. The first-order chi connectivity index (χ1) is 11.0. The molecule has 0 atom stereocenters. The highest BCUT2D eigenvalue weighted by atomic mass is 127. The summed E-state index contributed by atoms with van der Waals surface area (Å²) >= 11 is 0. The van der Waals surface area contributed by atoms with Gasteiger partial charge in [-0.25, -0.2) is 4.98 Å². The van der Waals surface area contributed by atoms with E-state index in [1.807, 2.05) is 0 Å². The van der Waals surface area contributed by atoms with Crippen LogP contribution in [0.3, 0.4) is 0 Å². The maximum atomic E-state index is 12.2. The molecular weight excluding hydrogens is 436 g/mol. The zero-order chi connectivity index (χ0) is 17.1. The molecular formula is C15H24F3IN4O. The lowest BCUT2D eigenvalue weighted by Crippen LogP contribution is -2.37. The second-order valence-corrected chi connectivity index (χ2v) is 4.93. The molecule has 0 aliphatic carbocycles. The van der Waals surface area contributed by atoms with Crippen molar-refractivity contribution in [3.63, 3.8) is 0 Å². The largest absolute Gasteiger partial charge is 0.468 e. The van der Waals surface area contributed by atoms with Gasteiger partial charge in [0.25, 0.3) is 0 Å². The minimum Gasteiger partial charge on any atom is -0.468 e. The highest BCUT2D eigenvalue weighted by molar-refractivity contribution is 14.0. The van der Waals surface area contributed by atoms with Crippen molar-refractivity contribution in [3.05, 3.63) is 23.9 Å². The number of ether oxygens (including phenoxy) is 1. The number of aliphatic imine (C=N–C) groups is 1. The van der Waals surface area contributed by atoms with Crippen LogP contribution in [0.25, 0.3) is 0 Å². The van der Waals surface area contributed by atoms with Crippen LogP contribution in [0.5, 0.6) is 5.88 Å². The number of unbranched alkanes of at least 4 members (excludes halogenated alkanes) is 2. The molecule has 5 nitrogen and oxygen atoms in total. The van der Waals surface area contributed by atoms with Crippen LogP contribution in [0, 0.1) is 0 Å². The Morgan fingerprint density at radius 2 is 2.04 bits per heavy atom. The van der Waals surface area contributed by atoms with E-state index in [1.54, 1.807) is 19.2 Å². The molecule has 0 spiro atoms. The summed E-state index contributed by atoms with van der Waals surface area (Å²) in [6.07, 6.45) is 0.293. The molecule has 1 aromatic rings. The lowest BCUT2D eigenvalue weighted by atomic mass is 10.2. The van der Waals surface area contributed by atoms with Gasteiger partial charge in [0.05, 0.1) is 0 Å². The molecule has 0 aliphatic rings. The van der Waals surface area contributed by atoms with Crippen LogP contribution in [-0.4, -0.2) is 37.3 Å². The molecule has 0 fully saturated rings. The van der Waals surface area contributed by atoms with Crippen molar-refractivity contribution >= 4 is 29.9 Å². The summed E-state index contributed by atoms with van der Waals surface area (Å²) < 4.78 is 41.5. The molecule has 0 radical (unpaired) electrons. The Balaban J connectivity index is 0.00000529. The van der Waals surface area contributed by atoms with Crippen LogP contribution in [0.4, 0.5) is 13.2 Å². The van der Waals surface area contributed by atoms with Crippen LogP contribution in [0.1, 0.15) is 31.7 Å². The summed E-state index contributed by atoms with van der Waals surface area (Å²) in [5.41, 5.74) is 0.535. The first kappa shape index (κ1) is 22.7. The summed E-state index contributed by atoms with van der Waals surface area (Å²) in [5.74, 6) is 0.561. The average Bonchev–Trinajstić information content (AvgIpc) is 2.52. The Bertz CT molecular complexity index is 498. The van der Waals surface area contributed by atoms with E-state index in [0.29, 0.717) is 11.5 Å². The van der Waals surface area contributed by atoms with E-state index in [-0.39, 0.29) is 36.4 Å². The number of hydrogen-bond donors (Lipinski definition) is 2. The zero-order valence-electron chi connectivity index (χ0n) is 13.8. The molecule has 0 saturated heterocycles. The Kier molecular flexibility index (Phi) is 11.5. The molecule has 1 aromatic heterocycles. The van der Waals surface area contributed by atoms with Gasteiger partial charge in [0.1, 0.15) is 0 Å². The number of aromatic nitrogens is 1. The van der Waals surface area contributed by atoms with Gasteiger partial charge in [-0.3, -0.25) is 4.99 Å². The zero-order valence-corrected chi connectivity index (χ0v) is 16.1. The fourth-order valence-electron chi connectivity index (χ4n) is 1.82. The molecule has 1 rings (SSSR count). The Morgan fingerprint density at radius 3 is 2.67 bits per heavy atom. The van der Waals surface area contributed by atoms with E-state index in [0.717, 1.165) is 25.8 Å². The van der Waals surface area contributed by atoms with Crippen LogP contribution in [0.2, 0.25) is 0 Å². The van der Waals surface area contributed by atoms with Gasteiger partial charge in [0.2, 0.25) is 5.88 Å². The van der Waals surface area contributed by atoms with Crippen LogP contribution in [0.15, 0.2) is 23.3 Å². The molecule has 0 saturated carbocycles. The van der Waals surface area contributed by atoms with Gasteiger partial charge in [-0.15, -0.1) is 24.0 Å². The maximum absolute atomic E-state index is 12.2. The lowest BCUT2D eigenvalue weighted by Gasteiger charge is -2.14. The van der Waals surface area contributed by atoms with Gasteiger partial charge in [0.15, 0.2) is 12.6 Å². The molecule has 1 heterocycles. The summed E-state index contributed by atoms with van der Waals surface area (Å²) in [6.45, 7) is 1.82. The third kappa shape index (κ3) is 9.78. The van der Waals surface area contributed by atoms with Gasteiger partial charge >= 0.3 is 6.18 Å². The summed E-state index contributed by atoms with van der Waals surface area (Å²) in [5, 5.41) is 6.19. The van der Waals surface area contributed by atoms with E-state index in [4.69, 9.17) is 4.74 Å². The Morgan fingerprint density at radius 1 is 1.29 bits per heavy atom. The second kappa shape index (κ2) is 12.2. The minimum atomic E-state index is -4.39. The monoisotopic (exact) mass is 460 g/mol. The predicted molar refractivity (Wildman–Crippen MR) is 98.9 cm³/mol. The molecule has 0 aliphatic heterocycles. The third-order valence-electron chi connectivity index (χ3n) is 2.97. The number of alkyl halides is 3.